The molecule has 1 aromatic heterocycles. The Kier molecular flexibility index (Phi) is 6.06. The molecule has 0 bridgehead atoms. The topological polar surface area (TPSA) is 62.7 Å². The molecule has 1 N–H and O–H groups in total. The molecular formula is C21H25FN2O3. The number of carboxylic acids is 1. The molecule has 2 aromatic rings. The van der Waals surface area contributed by atoms with Gasteiger partial charge in [-0.05, 0) is 75.5 Å². The van der Waals surface area contributed by atoms with Crippen LogP contribution in [0.1, 0.15) is 49.8 Å². The minimum absolute atomic E-state index is 0.112. The first-order valence-corrected chi connectivity index (χ1v) is 9.29. The van der Waals surface area contributed by atoms with E-state index in [-0.39, 0.29) is 11.7 Å². The number of ether oxygens (including phenoxy) is 1. The van der Waals surface area contributed by atoms with Crippen LogP contribution < -0.4 is 4.74 Å². The molecule has 0 aliphatic carbocycles. The highest BCUT2D eigenvalue weighted by atomic mass is 19.1. The Morgan fingerprint density at radius 3 is 2.48 bits per heavy atom. The first-order valence-electron chi connectivity index (χ1n) is 9.29. The third-order valence-corrected chi connectivity index (χ3v) is 4.96. The summed E-state index contributed by atoms with van der Waals surface area (Å²) in [6.07, 6.45) is 5.02. The van der Waals surface area contributed by atoms with Gasteiger partial charge in [-0.25, -0.2) is 4.39 Å². The normalized spacial score (nSPS) is 17.0. The van der Waals surface area contributed by atoms with Gasteiger partial charge in [0.2, 0.25) is 0 Å². The van der Waals surface area contributed by atoms with E-state index < -0.39 is 17.8 Å². The fourth-order valence-corrected chi connectivity index (χ4v) is 3.73. The number of likely N-dealkylation sites (tertiary alicyclic amines) is 1. The monoisotopic (exact) mass is 372 g/mol. The molecule has 6 heteroatoms. The number of carbonyl (C=O) groups is 1. The zero-order chi connectivity index (χ0) is 19.4. The average molecular weight is 372 g/mol. The van der Waals surface area contributed by atoms with Crippen molar-refractivity contribution in [1.82, 2.24) is 9.88 Å². The molecule has 1 fully saturated rings. The summed E-state index contributed by atoms with van der Waals surface area (Å²) in [6.45, 7) is 4.84. The maximum atomic E-state index is 14.6. The van der Waals surface area contributed by atoms with E-state index in [1.165, 1.54) is 11.6 Å². The van der Waals surface area contributed by atoms with Gasteiger partial charge < -0.3 is 9.84 Å². The van der Waals surface area contributed by atoms with Crippen LogP contribution >= 0.6 is 0 Å². The Morgan fingerprint density at radius 1 is 1.22 bits per heavy atom. The van der Waals surface area contributed by atoms with Crippen molar-refractivity contribution in [2.45, 2.75) is 44.8 Å². The molecule has 1 atom stereocenters. The van der Waals surface area contributed by atoms with Crippen molar-refractivity contribution in [3.63, 3.8) is 0 Å². The molecule has 1 saturated heterocycles. The standard InChI is InChI=1S/C21H25FN2O3/c1-14(2)27-18-5-3-4-17(22)19(18)20(21(25)26)24-12-8-16(9-13-24)15-6-10-23-11-7-15/h3-7,10-11,14,16,20H,8-9,12-13H2,1-2H3,(H,25,26). The number of aromatic nitrogens is 1. The van der Waals surface area contributed by atoms with E-state index in [0.29, 0.717) is 24.8 Å². The summed E-state index contributed by atoms with van der Waals surface area (Å²) in [5.41, 5.74) is 1.33. The van der Waals surface area contributed by atoms with Crippen LogP contribution in [0.2, 0.25) is 0 Å². The lowest BCUT2D eigenvalue weighted by Crippen LogP contribution is -2.40. The van der Waals surface area contributed by atoms with Gasteiger partial charge in [0.15, 0.2) is 0 Å². The number of benzene rings is 1. The van der Waals surface area contributed by atoms with Gasteiger partial charge in [-0.15, -0.1) is 0 Å². The molecule has 27 heavy (non-hydrogen) atoms. The Bertz CT molecular complexity index is 774. The third-order valence-electron chi connectivity index (χ3n) is 4.96. The lowest BCUT2D eigenvalue weighted by Gasteiger charge is -2.36. The van der Waals surface area contributed by atoms with Crippen molar-refractivity contribution in [3.8, 4) is 5.75 Å². The van der Waals surface area contributed by atoms with Crippen LogP contribution in [-0.4, -0.2) is 40.2 Å². The predicted molar refractivity (Wildman–Crippen MR) is 100 cm³/mol. The van der Waals surface area contributed by atoms with Crippen molar-refractivity contribution >= 4 is 5.97 Å². The summed E-state index contributed by atoms with van der Waals surface area (Å²) in [6, 6.07) is 7.42. The first kappa shape index (κ1) is 19.3. The quantitative estimate of drug-likeness (QED) is 0.830. The minimum atomic E-state index is -1.06. The van der Waals surface area contributed by atoms with E-state index in [1.807, 2.05) is 30.9 Å². The number of pyridine rings is 1. The van der Waals surface area contributed by atoms with E-state index >= 15 is 0 Å². The highest BCUT2D eigenvalue weighted by Gasteiger charge is 2.35. The molecule has 0 radical (unpaired) electrons. The predicted octanol–water partition coefficient (Wildman–Crippen LogP) is 4.01. The molecule has 0 spiro atoms. The van der Waals surface area contributed by atoms with E-state index in [1.54, 1.807) is 24.5 Å². The summed E-state index contributed by atoms with van der Waals surface area (Å²) in [5.74, 6) is -0.938. The molecule has 1 aliphatic heterocycles. The van der Waals surface area contributed by atoms with Crippen LogP contribution in [-0.2, 0) is 4.79 Å². The molecule has 1 aromatic carbocycles. The Labute approximate surface area is 158 Å². The molecule has 2 heterocycles. The van der Waals surface area contributed by atoms with E-state index in [9.17, 15) is 14.3 Å². The second kappa shape index (κ2) is 8.48. The molecule has 0 saturated carbocycles. The van der Waals surface area contributed by atoms with Gasteiger partial charge in [0.1, 0.15) is 17.6 Å². The zero-order valence-electron chi connectivity index (χ0n) is 15.6. The Morgan fingerprint density at radius 2 is 1.89 bits per heavy atom. The number of hydrogen-bond acceptors (Lipinski definition) is 4. The smallest absolute Gasteiger partial charge is 0.325 e. The lowest BCUT2D eigenvalue weighted by molar-refractivity contribution is -0.144. The lowest BCUT2D eigenvalue weighted by atomic mass is 9.88. The summed E-state index contributed by atoms with van der Waals surface area (Å²) in [7, 11) is 0. The van der Waals surface area contributed by atoms with Gasteiger partial charge in [-0.2, -0.15) is 0 Å². The molecule has 0 amide bonds. The van der Waals surface area contributed by atoms with Gasteiger partial charge in [0.05, 0.1) is 11.7 Å². The second-order valence-electron chi connectivity index (χ2n) is 7.15. The van der Waals surface area contributed by atoms with Crippen molar-refractivity contribution in [1.29, 1.82) is 0 Å². The number of piperidine rings is 1. The van der Waals surface area contributed by atoms with Crippen molar-refractivity contribution in [2.24, 2.45) is 0 Å². The molecule has 3 rings (SSSR count). The number of hydrogen-bond donors (Lipinski definition) is 1. The fraction of sp³-hybridized carbons (Fsp3) is 0.429. The maximum Gasteiger partial charge on any atom is 0.325 e. The van der Waals surface area contributed by atoms with Crippen molar-refractivity contribution in [3.05, 3.63) is 59.7 Å². The number of aliphatic carboxylic acids is 1. The first-order chi connectivity index (χ1) is 13.0. The van der Waals surface area contributed by atoms with Crippen LogP contribution in [0.15, 0.2) is 42.7 Å². The fourth-order valence-electron chi connectivity index (χ4n) is 3.73. The molecule has 1 aliphatic rings. The molecule has 5 nitrogen and oxygen atoms in total. The number of halogens is 1. The van der Waals surface area contributed by atoms with Crippen molar-refractivity contribution in [2.75, 3.05) is 13.1 Å². The number of carboxylic acid groups (broad SMARTS) is 1. The van der Waals surface area contributed by atoms with Crippen molar-refractivity contribution < 1.29 is 19.0 Å². The molecular weight excluding hydrogens is 347 g/mol. The summed E-state index contributed by atoms with van der Waals surface area (Å²) >= 11 is 0. The van der Waals surface area contributed by atoms with E-state index in [2.05, 4.69) is 4.98 Å². The van der Waals surface area contributed by atoms with Crippen LogP contribution in [0.3, 0.4) is 0 Å². The minimum Gasteiger partial charge on any atom is -0.491 e. The number of rotatable bonds is 6. The van der Waals surface area contributed by atoms with E-state index in [0.717, 1.165) is 12.8 Å². The average Bonchev–Trinajstić information content (AvgIpc) is 2.65. The van der Waals surface area contributed by atoms with Crippen LogP contribution in [0.25, 0.3) is 0 Å². The van der Waals surface area contributed by atoms with E-state index in [4.69, 9.17) is 4.74 Å². The van der Waals surface area contributed by atoms with Crippen LogP contribution in [0.5, 0.6) is 5.75 Å². The Hall–Kier alpha value is -2.47. The summed E-state index contributed by atoms with van der Waals surface area (Å²) in [4.78, 5) is 18.0. The van der Waals surface area contributed by atoms with Crippen LogP contribution in [0.4, 0.5) is 4.39 Å². The highest BCUT2D eigenvalue weighted by Crippen LogP contribution is 2.37. The molecule has 1 unspecified atom stereocenters. The van der Waals surface area contributed by atoms with Gasteiger partial charge in [0, 0.05) is 12.4 Å². The third kappa shape index (κ3) is 4.45. The SMILES string of the molecule is CC(C)Oc1cccc(F)c1C(C(=O)O)N1CCC(c2ccncc2)CC1. The second-order valence-corrected chi connectivity index (χ2v) is 7.15. The van der Waals surface area contributed by atoms with Gasteiger partial charge >= 0.3 is 5.97 Å². The molecule has 144 valence electrons. The Balaban J connectivity index is 1.83. The zero-order valence-corrected chi connectivity index (χ0v) is 15.6. The summed E-state index contributed by atoms with van der Waals surface area (Å²) in [5, 5.41) is 9.87. The van der Waals surface area contributed by atoms with Gasteiger partial charge in [-0.1, -0.05) is 6.07 Å². The largest absolute Gasteiger partial charge is 0.491 e. The number of nitrogens with zero attached hydrogens (tertiary/aromatic N) is 2. The maximum absolute atomic E-state index is 14.6. The van der Waals surface area contributed by atoms with Gasteiger partial charge in [-0.3, -0.25) is 14.7 Å². The summed E-state index contributed by atoms with van der Waals surface area (Å²) < 4.78 is 20.3. The highest BCUT2D eigenvalue weighted by molar-refractivity contribution is 5.77. The van der Waals surface area contributed by atoms with Crippen LogP contribution in [0, 0.1) is 5.82 Å². The van der Waals surface area contributed by atoms with Gasteiger partial charge in [0.25, 0.3) is 0 Å².